The van der Waals surface area contributed by atoms with Crippen LogP contribution < -0.4 is 5.32 Å². The molecular formula is C13H18N2O2. The lowest BCUT2D eigenvalue weighted by atomic mass is 10.2. The highest BCUT2D eigenvalue weighted by atomic mass is 16.4. The van der Waals surface area contributed by atoms with Crippen molar-refractivity contribution in [1.82, 2.24) is 10.3 Å². The van der Waals surface area contributed by atoms with Gasteiger partial charge in [0.05, 0.1) is 18.0 Å². The Balaban J connectivity index is 1.99. The number of nitrogens with zero attached hydrogens (tertiary/aromatic N) is 1. The fraction of sp³-hybridized carbons (Fsp3) is 0.462. The molecule has 0 unspecified atom stereocenters. The Morgan fingerprint density at radius 3 is 2.88 bits per heavy atom. The van der Waals surface area contributed by atoms with E-state index in [1.807, 2.05) is 13.0 Å². The molecule has 0 fully saturated rings. The third kappa shape index (κ3) is 2.97. The van der Waals surface area contributed by atoms with Gasteiger partial charge in [0, 0.05) is 19.0 Å². The lowest BCUT2D eigenvalue weighted by molar-refractivity contribution is 0.482. The number of aryl methyl sites for hydroxylation is 1. The number of hydrogen-bond donors (Lipinski definition) is 1. The maximum atomic E-state index is 5.68. The summed E-state index contributed by atoms with van der Waals surface area (Å²) in [6.45, 7) is 7.03. The summed E-state index contributed by atoms with van der Waals surface area (Å²) < 4.78 is 10.9. The van der Waals surface area contributed by atoms with Gasteiger partial charge in [-0.15, -0.1) is 0 Å². The van der Waals surface area contributed by atoms with Crippen LogP contribution in [0.1, 0.15) is 25.5 Å². The van der Waals surface area contributed by atoms with Crippen LogP contribution in [0.25, 0.3) is 11.3 Å². The van der Waals surface area contributed by atoms with Crippen molar-refractivity contribution >= 4 is 0 Å². The predicted molar refractivity (Wildman–Crippen MR) is 65.8 cm³/mol. The quantitative estimate of drug-likeness (QED) is 0.864. The molecule has 0 amide bonds. The van der Waals surface area contributed by atoms with Crippen molar-refractivity contribution in [3.8, 4) is 11.3 Å². The fourth-order valence-corrected chi connectivity index (χ4v) is 1.66. The average molecular weight is 234 g/mol. The highest BCUT2D eigenvalue weighted by Gasteiger charge is 2.10. The molecule has 0 aliphatic carbocycles. The van der Waals surface area contributed by atoms with Crippen LogP contribution in [0, 0.1) is 6.92 Å². The first-order valence-electron chi connectivity index (χ1n) is 5.89. The van der Waals surface area contributed by atoms with Gasteiger partial charge in [-0.3, -0.25) is 0 Å². The van der Waals surface area contributed by atoms with Crippen LogP contribution >= 0.6 is 0 Å². The van der Waals surface area contributed by atoms with Gasteiger partial charge in [0.15, 0.2) is 11.7 Å². The summed E-state index contributed by atoms with van der Waals surface area (Å²) in [7, 11) is 0. The van der Waals surface area contributed by atoms with Gasteiger partial charge >= 0.3 is 0 Å². The number of hydrogen-bond acceptors (Lipinski definition) is 4. The highest BCUT2D eigenvalue weighted by Crippen LogP contribution is 2.24. The molecule has 2 aromatic rings. The first kappa shape index (κ1) is 11.9. The summed E-state index contributed by atoms with van der Waals surface area (Å²) in [5, 5.41) is 3.33. The second-order valence-electron chi connectivity index (χ2n) is 4.37. The minimum Gasteiger partial charge on any atom is -0.469 e. The molecule has 0 atom stereocenters. The number of rotatable bonds is 5. The van der Waals surface area contributed by atoms with Gasteiger partial charge < -0.3 is 14.2 Å². The summed E-state index contributed by atoms with van der Waals surface area (Å²) >= 11 is 0. The lowest BCUT2D eigenvalue weighted by Crippen LogP contribution is -2.24. The molecule has 0 radical (unpaired) electrons. The van der Waals surface area contributed by atoms with E-state index >= 15 is 0 Å². The zero-order chi connectivity index (χ0) is 12.3. The number of aromatic nitrogens is 1. The van der Waals surface area contributed by atoms with E-state index in [4.69, 9.17) is 8.83 Å². The first-order chi connectivity index (χ1) is 8.16. The van der Waals surface area contributed by atoms with Gasteiger partial charge in [0.25, 0.3) is 0 Å². The summed E-state index contributed by atoms with van der Waals surface area (Å²) in [5.41, 5.74) is 0.973. The third-order valence-corrected chi connectivity index (χ3v) is 2.57. The Kier molecular flexibility index (Phi) is 3.64. The van der Waals surface area contributed by atoms with Crippen molar-refractivity contribution in [1.29, 1.82) is 0 Å². The van der Waals surface area contributed by atoms with Crippen LogP contribution in [-0.4, -0.2) is 17.6 Å². The largest absolute Gasteiger partial charge is 0.469 e. The van der Waals surface area contributed by atoms with E-state index in [0.717, 1.165) is 35.9 Å². The van der Waals surface area contributed by atoms with Crippen LogP contribution in [0.5, 0.6) is 0 Å². The molecule has 0 aromatic carbocycles. The molecule has 92 valence electrons. The molecule has 4 heteroatoms. The molecule has 2 heterocycles. The van der Waals surface area contributed by atoms with Gasteiger partial charge in [-0.1, -0.05) is 13.8 Å². The minimum atomic E-state index is 0.487. The average Bonchev–Trinajstić information content (AvgIpc) is 2.86. The maximum absolute atomic E-state index is 5.68. The Morgan fingerprint density at radius 2 is 2.24 bits per heavy atom. The number of nitrogens with one attached hydrogen (secondary N) is 1. The van der Waals surface area contributed by atoms with E-state index in [9.17, 15) is 0 Å². The Morgan fingerprint density at radius 1 is 1.41 bits per heavy atom. The molecule has 0 saturated carbocycles. The minimum absolute atomic E-state index is 0.487. The standard InChI is InChI=1S/C13H18N2O2/c1-9(2)14-6-4-13-15-8-12(17-13)11-5-7-16-10(11)3/h5,7-9,14H,4,6H2,1-3H3. The van der Waals surface area contributed by atoms with Crippen molar-refractivity contribution in [3.63, 3.8) is 0 Å². The normalized spacial score (nSPS) is 11.3. The summed E-state index contributed by atoms with van der Waals surface area (Å²) in [5.74, 6) is 2.39. The van der Waals surface area contributed by atoms with Crippen molar-refractivity contribution in [2.24, 2.45) is 0 Å². The molecule has 0 saturated heterocycles. The zero-order valence-corrected chi connectivity index (χ0v) is 10.5. The lowest BCUT2D eigenvalue weighted by Gasteiger charge is -2.05. The molecule has 1 N–H and O–H groups in total. The second-order valence-corrected chi connectivity index (χ2v) is 4.37. The van der Waals surface area contributed by atoms with Crippen molar-refractivity contribution < 1.29 is 8.83 Å². The molecule has 0 aliphatic heterocycles. The topological polar surface area (TPSA) is 51.2 Å². The fourth-order valence-electron chi connectivity index (χ4n) is 1.66. The smallest absolute Gasteiger partial charge is 0.196 e. The van der Waals surface area contributed by atoms with Crippen molar-refractivity contribution in [2.45, 2.75) is 33.2 Å². The van der Waals surface area contributed by atoms with E-state index in [1.54, 1.807) is 12.5 Å². The molecule has 0 bridgehead atoms. The van der Waals surface area contributed by atoms with E-state index in [0.29, 0.717) is 6.04 Å². The van der Waals surface area contributed by atoms with Crippen LogP contribution in [0.3, 0.4) is 0 Å². The number of oxazole rings is 1. The Bertz CT molecular complexity index is 471. The Labute approximate surface area is 101 Å². The molecular weight excluding hydrogens is 216 g/mol. The van der Waals surface area contributed by atoms with Crippen molar-refractivity contribution in [2.75, 3.05) is 6.54 Å². The van der Waals surface area contributed by atoms with Gasteiger partial charge in [-0.05, 0) is 13.0 Å². The van der Waals surface area contributed by atoms with Crippen LogP contribution in [-0.2, 0) is 6.42 Å². The molecule has 0 spiro atoms. The monoisotopic (exact) mass is 234 g/mol. The SMILES string of the molecule is Cc1occc1-c1cnc(CCNC(C)C)o1. The first-order valence-corrected chi connectivity index (χ1v) is 5.89. The van der Waals surface area contributed by atoms with Gasteiger partial charge in [-0.2, -0.15) is 0 Å². The molecule has 2 rings (SSSR count). The maximum Gasteiger partial charge on any atom is 0.196 e. The van der Waals surface area contributed by atoms with E-state index in [1.165, 1.54) is 0 Å². The summed E-state index contributed by atoms with van der Waals surface area (Å²) in [4.78, 5) is 4.26. The van der Waals surface area contributed by atoms with E-state index in [-0.39, 0.29) is 0 Å². The molecule has 4 nitrogen and oxygen atoms in total. The second kappa shape index (κ2) is 5.19. The predicted octanol–water partition coefficient (Wildman–Crippen LogP) is 2.78. The Hall–Kier alpha value is -1.55. The van der Waals surface area contributed by atoms with Gasteiger partial charge in [-0.25, -0.2) is 4.98 Å². The van der Waals surface area contributed by atoms with Crippen LogP contribution in [0.2, 0.25) is 0 Å². The van der Waals surface area contributed by atoms with Gasteiger partial charge in [0.2, 0.25) is 0 Å². The zero-order valence-electron chi connectivity index (χ0n) is 10.5. The molecule has 2 aromatic heterocycles. The molecule has 17 heavy (non-hydrogen) atoms. The third-order valence-electron chi connectivity index (χ3n) is 2.57. The van der Waals surface area contributed by atoms with Gasteiger partial charge in [0.1, 0.15) is 5.76 Å². The number of furan rings is 1. The molecule has 0 aliphatic rings. The van der Waals surface area contributed by atoms with Crippen LogP contribution in [0.15, 0.2) is 27.4 Å². The van der Waals surface area contributed by atoms with E-state index in [2.05, 4.69) is 24.1 Å². The highest BCUT2D eigenvalue weighted by molar-refractivity contribution is 5.58. The van der Waals surface area contributed by atoms with E-state index < -0.39 is 0 Å². The summed E-state index contributed by atoms with van der Waals surface area (Å²) in [6.07, 6.45) is 4.21. The summed E-state index contributed by atoms with van der Waals surface area (Å²) in [6, 6.07) is 2.38. The van der Waals surface area contributed by atoms with Crippen LogP contribution in [0.4, 0.5) is 0 Å². The van der Waals surface area contributed by atoms with Crippen molar-refractivity contribution in [3.05, 3.63) is 30.2 Å².